The van der Waals surface area contributed by atoms with E-state index < -0.39 is 0 Å². The van der Waals surface area contributed by atoms with Gasteiger partial charge in [-0.1, -0.05) is 12.1 Å². The average Bonchev–Trinajstić information content (AvgIpc) is 2.30. The minimum absolute atomic E-state index is 0. The van der Waals surface area contributed by atoms with Crippen molar-refractivity contribution >= 4 is 18.1 Å². The van der Waals surface area contributed by atoms with Gasteiger partial charge < -0.3 is 15.4 Å². The molecule has 0 aliphatic carbocycles. The molecule has 102 valence electrons. The number of nitrogen functional groups attached to an aromatic ring is 1. The van der Waals surface area contributed by atoms with Crippen LogP contribution in [0, 0.1) is 5.92 Å². The van der Waals surface area contributed by atoms with Gasteiger partial charge in [0.05, 0.1) is 6.61 Å². The van der Waals surface area contributed by atoms with Gasteiger partial charge in [-0.2, -0.15) is 0 Å². The van der Waals surface area contributed by atoms with Gasteiger partial charge in [0.1, 0.15) is 0 Å². The summed E-state index contributed by atoms with van der Waals surface area (Å²) in [6, 6.07) is 8.12. The van der Waals surface area contributed by atoms with Crippen molar-refractivity contribution < 1.29 is 4.74 Å². The first-order chi connectivity index (χ1) is 8.24. The minimum Gasteiger partial charge on any atom is -0.399 e. The number of hydrogen-bond acceptors (Lipinski definition) is 3. The van der Waals surface area contributed by atoms with Crippen molar-refractivity contribution in [1.82, 2.24) is 4.90 Å². The van der Waals surface area contributed by atoms with Crippen molar-refractivity contribution in [2.75, 3.05) is 32.5 Å². The second kappa shape index (κ2) is 7.62. The fraction of sp³-hybridized carbons (Fsp3) is 0.571. The van der Waals surface area contributed by atoms with E-state index in [0.29, 0.717) is 5.92 Å². The first-order valence-electron chi connectivity index (χ1n) is 6.35. The number of anilines is 1. The standard InChI is InChI=1S/C14H22N2O.ClH/c1-16(10-13-5-3-7-17-11-13)9-12-4-2-6-14(15)8-12;/h2,4,6,8,13H,3,5,7,9-11,15H2,1H3;1H. The third-order valence-electron chi connectivity index (χ3n) is 3.23. The van der Waals surface area contributed by atoms with Crippen LogP contribution in [0.1, 0.15) is 18.4 Å². The van der Waals surface area contributed by atoms with E-state index in [4.69, 9.17) is 10.5 Å². The quantitative estimate of drug-likeness (QED) is 0.855. The molecule has 1 saturated heterocycles. The summed E-state index contributed by atoms with van der Waals surface area (Å²) in [6.07, 6.45) is 2.50. The van der Waals surface area contributed by atoms with Gasteiger partial charge in [0.15, 0.2) is 0 Å². The van der Waals surface area contributed by atoms with Crippen LogP contribution >= 0.6 is 12.4 Å². The van der Waals surface area contributed by atoms with E-state index >= 15 is 0 Å². The SMILES string of the molecule is CN(Cc1cccc(N)c1)CC1CCCOC1.Cl. The molecule has 0 amide bonds. The van der Waals surface area contributed by atoms with Crippen molar-refractivity contribution in [2.45, 2.75) is 19.4 Å². The Bertz CT molecular complexity index is 353. The summed E-state index contributed by atoms with van der Waals surface area (Å²) in [5, 5.41) is 0. The summed E-state index contributed by atoms with van der Waals surface area (Å²) in [4.78, 5) is 2.36. The van der Waals surface area contributed by atoms with Gasteiger partial charge in [0, 0.05) is 25.4 Å². The lowest BCUT2D eigenvalue weighted by molar-refractivity contribution is 0.0411. The number of rotatable bonds is 4. The van der Waals surface area contributed by atoms with Gasteiger partial charge in [-0.05, 0) is 43.5 Å². The molecule has 0 aromatic heterocycles. The highest BCUT2D eigenvalue weighted by Crippen LogP contribution is 2.16. The summed E-state index contributed by atoms with van der Waals surface area (Å²) in [6.45, 7) is 3.92. The van der Waals surface area contributed by atoms with E-state index in [1.165, 1.54) is 18.4 Å². The fourth-order valence-electron chi connectivity index (χ4n) is 2.46. The maximum Gasteiger partial charge on any atom is 0.0506 e. The molecule has 0 radical (unpaired) electrons. The van der Waals surface area contributed by atoms with E-state index in [-0.39, 0.29) is 12.4 Å². The van der Waals surface area contributed by atoms with Gasteiger partial charge in [0.25, 0.3) is 0 Å². The number of ether oxygens (including phenoxy) is 1. The Labute approximate surface area is 116 Å². The first-order valence-corrected chi connectivity index (χ1v) is 6.35. The molecular weight excluding hydrogens is 248 g/mol. The average molecular weight is 271 g/mol. The van der Waals surface area contributed by atoms with Gasteiger partial charge >= 0.3 is 0 Å². The maximum atomic E-state index is 5.78. The molecule has 18 heavy (non-hydrogen) atoms. The van der Waals surface area contributed by atoms with Gasteiger partial charge in [-0.15, -0.1) is 12.4 Å². The lowest BCUT2D eigenvalue weighted by Crippen LogP contribution is -2.30. The second-order valence-electron chi connectivity index (χ2n) is 5.02. The summed E-state index contributed by atoms with van der Waals surface area (Å²) in [5.41, 5.74) is 7.91. The molecule has 1 aromatic carbocycles. The zero-order valence-corrected chi connectivity index (χ0v) is 11.8. The Balaban J connectivity index is 0.00000162. The Morgan fingerprint density at radius 1 is 1.44 bits per heavy atom. The molecule has 1 aliphatic rings. The number of benzene rings is 1. The maximum absolute atomic E-state index is 5.78. The molecule has 1 fully saturated rings. The highest BCUT2D eigenvalue weighted by Gasteiger charge is 2.15. The van der Waals surface area contributed by atoms with E-state index in [0.717, 1.165) is 32.0 Å². The Hall–Kier alpha value is -0.770. The van der Waals surface area contributed by atoms with Crippen LogP contribution in [-0.2, 0) is 11.3 Å². The normalized spacial score (nSPS) is 19.6. The molecule has 1 aromatic rings. The summed E-state index contributed by atoms with van der Waals surface area (Å²) in [7, 11) is 2.16. The third-order valence-corrected chi connectivity index (χ3v) is 3.23. The van der Waals surface area contributed by atoms with Gasteiger partial charge in [-0.25, -0.2) is 0 Å². The molecule has 0 saturated carbocycles. The Kier molecular flexibility index (Phi) is 6.47. The summed E-state index contributed by atoms with van der Waals surface area (Å²) >= 11 is 0. The lowest BCUT2D eigenvalue weighted by atomic mass is 10.0. The molecule has 0 spiro atoms. The highest BCUT2D eigenvalue weighted by molar-refractivity contribution is 5.85. The monoisotopic (exact) mass is 270 g/mol. The highest BCUT2D eigenvalue weighted by atomic mass is 35.5. The molecule has 1 aliphatic heterocycles. The van der Waals surface area contributed by atoms with Crippen molar-refractivity contribution in [3.8, 4) is 0 Å². The zero-order chi connectivity index (χ0) is 12.1. The number of nitrogens with zero attached hydrogens (tertiary/aromatic N) is 1. The summed E-state index contributed by atoms with van der Waals surface area (Å²) in [5.74, 6) is 0.690. The predicted molar refractivity (Wildman–Crippen MR) is 78.0 cm³/mol. The van der Waals surface area contributed by atoms with Crippen LogP contribution in [0.4, 0.5) is 5.69 Å². The van der Waals surface area contributed by atoms with Crippen LogP contribution in [0.2, 0.25) is 0 Å². The molecule has 2 rings (SSSR count). The fourth-order valence-corrected chi connectivity index (χ4v) is 2.46. The van der Waals surface area contributed by atoms with Crippen LogP contribution in [-0.4, -0.2) is 31.7 Å². The van der Waals surface area contributed by atoms with Crippen LogP contribution in [0.15, 0.2) is 24.3 Å². The Morgan fingerprint density at radius 2 is 2.28 bits per heavy atom. The second-order valence-corrected chi connectivity index (χ2v) is 5.02. The molecule has 0 bridgehead atoms. The van der Waals surface area contributed by atoms with Crippen molar-refractivity contribution in [3.63, 3.8) is 0 Å². The number of nitrogens with two attached hydrogens (primary N) is 1. The smallest absolute Gasteiger partial charge is 0.0506 e. The van der Waals surface area contributed by atoms with Gasteiger partial charge in [0.2, 0.25) is 0 Å². The molecule has 1 heterocycles. The third kappa shape index (κ3) is 4.84. The van der Waals surface area contributed by atoms with Crippen molar-refractivity contribution in [3.05, 3.63) is 29.8 Å². The van der Waals surface area contributed by atoms with E-state index in [2.05, 4.69) is 18.0 Å². The van der Waals surface area contributed by atoms with Crippen LogP contribution < -0.4 is 5.73 Å². The first kappa shape index (κ1) is 15.3. The predicted octanol–water partition coefficient (Wildman–Crippen LogP) is 2.55. The molecule has 3 nitrogen and oxygen atoms in total. The van der Waals surface area contributed by atoms with Crippen molar-refractivity contribution in [2.24, 2.45) is 5.92 Å². The van der Waals surface area contributed by atoms with Crippen LogP contribution in [0.5, 0.6) is 0 Å². The van der Waals surface area contributed by atoms with Crippen LogP contribution in [0.25, 0.3) is 0 Å². The lowest BCUT2D eigenvalue weighted by Gasteiger charge is -2.27. The molecule has 2 N–H and O–H groups in total. The van der Waals surface area contributed by atoms with Gasteiger partial charge in [-0.3, -0.25) is 0 Å². The number of halogens is 1. The van der Waals surface area contributed by atoms with Crippen LogP contribution in [0.3, 0.4) is 0 Å². The summed E-state index contributed by atoms with van der Waals surface area (Å²) < 4.78 is 5.51. The topological polar surface area (TPSA) is 38.5 Å². The largest absolute Gasteiger partial charge is 0.399 e. The minimum atomic E-state index is 0. The molecule has 1 unspecified atom stereocenters. The zero-order valence-electron chi connectivity index (χ0n) is 11.0. The Morgan fingerprint density at radius 3 is 2.94 bits per heavy atom. The molecule has 1 atom stereocenters. The molecule has 4 heteroatoms. The van der Waals surface area contributed by atoms with E-state index in [9.17, 15) is 0 Å². The molecular formula is C14H23ClN2O. The van der Waals surface area contributed by atoms with Crippen molar-refractivity contribution in [1.29, 1.82) is 0 Å². The van der Waals surface area contributed by atoms with E-state index in [1.807, 2.05) is 18.2 Å². The number of hydrogen-bond donors (Lipinski definition) is 1. The van der Waals surface area contributed by atoms with E-state index in [1.54, 1.807) is 0 Å².